The number of aromatic nitrogens is 4. The van der Waals surface area contributed by atoms with E-state index in [0.29, 0.717) is 43.3 Å². The number of rotatable bonds is 8. The Morgan fingerprint density at radius 3 is 2.26 bits per heavy atom. The summed E-state index contributed by atoms with van der Waals surface area (Å²) < 4.78 is 5.74. The molecule has 9 nitrogen and oxygen atoms in total. The third-order valence-electron chi connectivity index (χ3n) is 7.70. The Bertz CT molecular complexity index is 1600. The van der Waals surface area contributed by atoms with Gasteiger partial charge in [-0.1, -0.05) is 38.1 Å². The molecule has 1 aliphatic rings. The molecule has 206 valence electrons. The standard InChI is InChI=1S/C30H38N6O3/c1-21(2)13-18-34-24-10-6-5-9-23(24)29(38)31-27(34)19-35-25-11-7-8-12-26(25)36(30(35)39)22-14-16-33(17-15-22)28(37)20-32(3)4/h5-12,21-22H,13-20H2,1-4H3. The van der Waals surface area contributed by atoms with E-state index in [1.165, 1.54) is 0 Å². The van der Waals surface area contributed by atoms with Gasteiger partial charge in [0.2, 0.25) is 5.91 Å². The lowest BCUT2D eigenvalue weighted by molar-refractivity contribution is -0.133. The van der Waals surface area contributed by atoms with E-state index < -0.39 is 0 Å². The van der Waals surface area contributed by atoms with Crippen molar-refractivity contribution in [2.75, 3.05) is 33.7 Å². The smallest absolute Gasteiger partial charge is 0.329 e. The van der Waals surface area contributed by atoms with Crippen molar-refractivity contribution >= 4 is 27.8 Å². The minimum Gasteiger partial charge on any atom is -0.341 e. The highest BCUT2D eigenvalue weighted by Crippen LogP contribution is 2.26. The maximum atomic E-state index is 14.0. The van der Waals surface area contributed by atoms with E-state index >= 15 is 0 Å². The summed E-state index contributed by atoms with van der Waals surface area (Å²) in [4.78, 5) is 47.8. The van der Waals surface area contributed by atoms with Crippen molar-refractivity contribution in [1.29, 1.82) is 0 Å². The van der Waals surface area contributed by atoms with Gasteiger partial charge in [-0.2, -0.15) is 4.98 Å². The van der Waals surface area contributed by atoms with Crippen molar-refractivity contribution in [2.45, 2.75) is 52.2 Å². The Morgan fingerprint density at radius 2 is 1.59 bits per heavy atom. The van der Waals surface area contributed by atoms with Crippen molar-refractivity contribution in [2.24, 2.45) is 5.92 Å². The molecule has 3 heterocycles. The van der Waals surface area contributed by atoms with Gasteiger partial charge >= 0.3 is 5.69 Å². The van der Waals surface area contributed by atoms with Gasteiger partial charge in [-0.05, 0) is 63.5 Å². The summed E-state index contributed by atoms with van der Waals surface area (Å²) in [5.41, 5.74) is 2.17. The van der Waals surface area contributed by atoms with E-state index in [2.05, 4.69) is 23.4 Å². The van der Waals surface area contributed by atoms with Crippen LogP contribution in [0.1, 0.15) is 45.0 Å². The van der Waals surface area contributed by atoms with E-state index in [0.717, 1.165) is 35.8 Å². The van der Waals surface area contributed by atoms with Crippen molar-refractivity contribution in [3.05, 3.63) is 75.2 Å². The first-order chi connectivity index (χ1) is 18.7. The SMILES string of the molecule is CC(C)CCn1c(Cn2c(=O)n(C3CCN(C(=O)CN(C)C)CC3)c3ccccc32)nc(=O)c2ccccc21. The third kappa shape index (κ3) is 5.41. The summed E-state index contributed by atoms with van der Waals surface area (Å²) in [5.74, 6) is 1.19. The van der Waals surface area contributed by atoms with E-state index in [1.807, 2.05) is 77.0 Å². The Hall–Kier alpha value is -3.72. The first-order valence-corrected chi connectivity index (χ1v) is 13.8. The van der Waals surface area contributed by atoms with Gasteiger partial charge in [-0.3, -0.25) is 18.7 Å². The minimum atomic E-state index is -0.270. The lowest BCUT2D eigenvalue weighted by Crippen LogP contribution is -2.44. The zero-order valence-electron chi connectivity index (χ0n) is 23.3. The average molecular weight is 531 g/mol. The van der Waals surface area contributed by atoms with Crippen LogP contribution in [-0.2, 0) is 17.9 Å². The van der Waals surface area contributed by atoms with Gasteiger partial charge in [0, 0.05) is 25.7 Å². The fourth-order valence-corrected chi connectivity index (χ4v) is 5.65. The summed E-state index contributed by atoms with van der Waals surface area (Å²) in [5, 5.41) is 0.593. The van der Waals surface area contributed by atoms with Gasteiger partial charge in [0.1, 0.15) is 5.82 Å². The number of hydrogen-bond acceptors (Lipinski definition) is 5. The molecule has 0 radical (unpaired) electrons. The quantitative estimate of drug-likeness (QED) is 0.349. The predicted octanol–water partition coefficient (Wildman–Crippen LogP) is 3.33. The van der Waals surface area contributed by atoms with Crippen LogP contribution in [0.15, 0.2) is 58.1 Å². The van der Waals surface area contributed by atoms with Gasteiger partial charge < -0.3 is 14.4 Å². The number of benzene rings is 2. The molecule has 0 saturated carbocycles. The molecule has 2 aromatic carbocycles. The zero-order chi connectivity index (χ0) is 27.7. The number of aryl methyl sites for hydroxylation is 1. The van der Waals surface area contributed by atoms with Crippen LogP contribution in [0, 0.1) is 5.92 Å². The van der Waals surface area contributed by atoms with Crippen molar-refractivity contribution in [1.82, 2.24) is 28.5 Å². The lowest BCUT2D eigenvalue weighted by Gasteiger charge is -2.33. The molecule has 1 saturated heterocycles. The van der Waals surface area contributed by atoms with Gasteiger partial charge in [-0.25, -0.2) is 4.79 Å². The van der Waals surface area contributed by atoms with Crippen molar-refractivity contribution in [3.8, 4) is 0 Å². The summed E-state index contributed by atoms with van der Waals surface area (Å²) in [6, 6.07) is 15.4. The molecule has 0 N–H and O–H groups in total. The van der Waals surface area contributed by atoms with Crippen LogP contribution in [0.2, 0.25) is 0 Å². The summed E-state index contributed by atoms with van der Waals surface area (Å²) >= 11 is 0. The Morgan fingerprint density at radius 1 is 0.949 bits per heavy atom. The third-order valence-corrected chi connectivity index (χ3v) is 7.70. The number of carbonyl (C=O) groups excluding carboxylic acids is 1. The second-order valence-electron chi connectivity index (χ2n) is 11.3. The monoisotopic (exact) mass is 530 g/mol. The molecule has 0 atom stereocenters. The number of amides is 1. The fraction of sp³-hybridized carbons (Fsp3) is 0.467. The normalized spacial score (nSPS) is 14.8. The van der Waals surface area contributed by atoms with Gasteiger partial charge in [0.25, 0.3) is 5.56 Å². The van der Waals surface area contributed by atoms with Gasteiger partial charge in [-0.15, -0.1) is 0 Å². The molecule has 0 spiro atoms. The number of carbonyl (C=O) groups is 1. The number of piperidine rings is 1. The average Bonchev–Trinajstić information content (AvgIpc) is 3.19. The van der Waals surface area contributed by atoms with Crippen molar-refractivity contribution in [3.63, 3.8) is 0 Å². The second-order valence-corrected chi connectivity index (χ2v) is 11.3. The predicted molar refractivity (Wildman–Crippen MR) is 154 cm³/mol. The van der Waals surface area contributed by atoms with E-state index in [1.54, 1.807) is 4.57 Å². The number of likely N-dealkylation sites (tertiary alicyclic amines) is 1. The van der Waals surface area contributed by atoms with E-state index in [9.17, 15) is 14.4 Å². The Kier molecular flexibility index (Phi) is 7.70. The number of likely N-dealkylation sites (N-methyl/N-ethyl adjacent to an activating group) is 1. The number of nitrogens with zero attached hydrogens (tertiary/aromatic N) is 6. The summed E-state index contributed by atoms with van der Waals surface area (Å²) in [7, 11) is 3.79. The van der Waals surface area contributed by atoms with Gasteiger partial charge in [0.15, 0.2) is 0 Å². The topological polar surface area (TPSA) is 85.4 Å². The number of hydrogen-bond donors (Lipinski definition) is 0. The van der Waals surface area contributed by atoms with Crippen LogP contribution in [0.3, 0.4) is 0 Å². The Balaban J connectivity index is 1.52. The largest absolute Gasteiger partial charge is 0.341 e. The first-order valence-electron chi connectivity index (χ1n) is 13.8. The number of fused-ring (bicyclic) bond motifs is 2. The minimum absolute atomic E-state index is 0.000229. The molecule has 9 heteroatoms. The highest BCUT2D eigenvalue weighted by atomic mass is 16.2. The highest BCUT2D eigenvalue weighted by Gasteiger charge is 2.28. The Labute approximate surface area is 228 Å². The van der Waals surface area contributed by atoms with Crippen LogP contribution in [0.4, 0.5) is 0 Å². The van der Waals surface area contributed by atoms with Crippen LogP contribution >= 0.6 is 0 Å². The van der Waals surface area contributed by atoms with E-state index in [4.69, 9.17) is 0 Å². The molecule has 2 aromatic heterocycles. The molecule has 0 bridgehead atoms. The number of para-hydroxylation sites is 3. The lowest BCUT2D eigenvalue weighted by atomic mass is 10.0. The van der Waals surface area contributed by atoms with Gasteiger partial charge in [0.05, 0.1) is 35.0 Å². The molecular weight excluding hydrogens is 492 g/mol. The number of imidazole rings is 1. The molecule has 0 aliphatic carbocycles. The summed E-state index contributed by atoms with van der Waals surface area (Å²) in [6.07, 6.45) is 2.38. The maximum absolute atomic E-state index is 14.0. The molecule has 5 rings (SSSR count). The van der Waals surface area contributed by atoms with Crippen LogP contribution in [0.25, 0.3) is 21.9 Å². The van der Waals surface area contributed by atoms with Crippen molar-refractivity contribution < 1.29 is 4.79 Å². The summed E-state index contributed by atoms with van der Waals surface area (Å²) in [6.45, 7) is 6.93. The van der Waals surface area contributed by atoms with Crippen LogP contribution in [-0.4, -0.2) is 68.1 Å². The molecule has 1 fully saturated rings. The highest BCUT2D eigenvalue weighted by molar-refractivity contribution is 5.79. The second kappa shape index (κ2) is 11.2. The molecule has 1 amide bonds. The maximum Gasteiger partial charge on any atom is 0.329 e. The van der Waals surface area contributed by atoms with Crippen LogP contribution in [0.5, 0.6) is 0 Å². The molecular formula is C30H38N6O3. The molecule has 0 unspecified atom stereocenters. The van der Waals surface area contributed by atoms with Crippen LogP contribution < -0.4 is 11.2 Å². The van der Waals surface area contributed by atoms with E-state index in [-0.39, 0.29) is 29.7 Å². The fourth-order valence-electron chi connectivity index (χ4n) is 5.65. The first kappa shape index (κ1) is 26.9. The zero-order valence-corrected chi connectivity index (χ0v) is 23.3. The molecule has 39 heavy (non-hydrogen) atoms. The molecule has 4 aromatic rings. The molecule has 1 aliphatic heterocycles.